The molecule has 0 saturated carbocycles. The molecule has 0 aromatic carbocycles. The van der Waals surface area contributed by atoms with Crippen molar-refractivity contribution in [2.75, 3.05) is 31.6 Å². The monoisotopic (exact) mass is 299 g/mol. The number of thiophene rings is 1. The van der Waals surface area contributed by atoms with E-state index in [-0.39, 0.29) is 16.1 Å². The highest BCUT2D eigenvalue weighted by Crippen LogP contribution is 2.41. The minimum atomic E-state index is -0.673. The Morgan fingerprint density at radius 2 is 2.15 bits per heavy atom. The van der Waals surface area contributed by atoms with E-state index in [9.17, 15) is 15.2 Å². The summed E-state index contributed by atoms with van der Waals surface area (Å²) in [5, 5.41) is 21.5. The molecule has 20 heavy (non-hydrogen) atoms. The molecule has 0 unspecified atom stereocenters. The van der Waals surface area contributed by atoms with Crippen molar-refractivity contribution in [1.82, 2.24) is 4.90 Å². The highest BCUT2D eigenvalue weighted by Gasteiger charge is 2.35. The van der Waals surface area contributed by atoms with Gasteiger partial charge in [0.25, 0.3) is 0 Å². The SMILES string of the molecule is C[C@H](O)c1cc([N+](=O)[O-])c(N2CCN(C)C(C)(C)C2)s1. The Bertz CT molecular complexity index is 513. The van der Waals surface area contributed by atoms with E-state index in [4.69, 9.17) is 0 Å². The number of rotatable bonds is 3. The lowest BCUT2D eigenvalue weighted by atomic mass is 10.00. The number of likely N-dealkylation sites (N-methyl/N-ethyl adjacent to an activating group) is 1. The number of hydrogen-bond acceptors (Lipinski definition) is 6. The number of nitro groups is 1. The van der Waals surface area contributed by atoms with E-state index in [2.05, 4.69) is 30.7 Å². The van der Waals surface area contributed by atoms with Crippen molar-refractivity contribution in [1.29, 1.82) is 0 Å². The average molecular weight is 299 g/mol. The summed E-state index contributed by atoms with van der Waals surface area (Å²) in [5.74, 6) is 0. The van der Waals surface area contributed by atoms with Crippen LogP contribution in [-0.4, -0.2) is 47.2 Å². The van der Waals surface area contributed by atoms with Crippen molar-refractivity contribution < 1.29 is 10.0 Å². The molecule has 112 valence electrons. The van der Waals surface area contributed by atoms with Gasteiger partial charge in [-0.3, -0.25) is 15.0 Å². The molecule has 2 rings (SSSR count). The molecule has 1 saturated heterocycles. The molecule has 0 amide bonds. The van der Waals surface area contributed by atoms with Crippen LogP contribution >= 0.6 is 11.3 Å². The number of nitrogens with zero attached hydrogens (tertiary/aromatic N) is 3. The van der Waals surface area contributed by atoms with Crippen molar-refractivity contribution in [2.24, 2.45) is 0 Å². The van der Waals surface area contributed by atoms with Gasteiger partial charge in [-0.25, -0.2) is 0 Å². The molecule has 1 aromatic heterocycles. The van der Waals surface area contributed by atoms with Crippen molar-refractivity contribution in [3.8, 4) is 0 Å². The topological polar surface area (TPSA) is 69.8 Å². The molecule has 1 aliphatic heterocycles. The van der Waals surface area contributed by atoms with Crippen LogP contribution in [0, 0.1) is 10.1 Å². The molecule has 0 aliphatic carbocycles. The lowest BCUT2D eigenvalue weighted by Gasteiger charge is -2.45. The Balaban J connectivity index is 2.34. The van der Waals surface area contributed by atoms with Gasteiger partial charge in [0.1, 0.15) is 0 Å². The largest absolute Gasteiger partial charge is 0.388 e. The Hall–Kier alpha value is -1.18. The fraction of sp³-hybridized carbons (Fsp3) is 0.692. The summed E-state index contributed by atoms with van der Waals surface area (Å²) in [6.07, 6.45) is -0.673. The van der Waals surface area contributed by atoms with Gasteiger partial charge in [0.15, 0.2) is 5.00 Å². The van der Waals surface area contributed by atoms with Crippen LogP contribution in [0.4, 0.5) is 10.7 Å². The van der Waals surface area contributed by atoms with Gasteiger partial charge < -0.3 is 10.0 Å². The van der Waals surface area contributed by atoms with Crippen molar-refractivity contribution in [2.45, 2.75) is 32.4 Å². The van der Waals surface area contributed by atoms with Crippen LogP contribution in [0.1, 0.15) is 31.8 Å². The normalized spacial score (nSPS) is 20.9. The maximum Gasteiger partial charge on any atom is 0.304 e. The third kappa shape index (κ3) is 2.79. The van der Waals surface area contributed by atoms with Crippen LogP contribution in [0.25, 0.3) is 0 Å². The Labute approximate surface area is 122 Å². The smallest absolute Gasteiger partial charge is 0.304 e. The second-order valence-electron chi connectivity index (χ2n) is 5.93. The predicted octanol–water partition coefficient (Wildman–Crippen LogP) is 2.24. The van der Waals surface area contributed by atoms with Crippen molar-refractivity contribution in [3.05, 3.63) is 21.1 Å². The zero-order chi connectivity index (χ0) is 15.1. The van der Waals surface area contributed by atoms with Gasteiger partial charge in [-0.1, -0.05) is 0 Å². The fourth-order valence-corrected chi connectivity index (χ4v) is 3.45. The number of hydrogen-bond donors (Lipinski definition) is 1. The zero-order valence-electron chi connectivity index (χ0n) is 12.3. The molecule has 2 heterocycles. The third-order valence-electron chi connectivity index (χ3n) is 3.92. The summed E-state index contributed by atoms with van der Waals surface area (Å²) in [6.45, 7) is 8.27. The molecule has 6 nitrogen and oxygen atoms in total. The zero-order valence-corrected chi connectivity index (χ0v) is 13.1. The van der Waals surface area contributed by atoms with Gasteiger partial charge in [-0.05, 0) is 27.8 Å². The van der Waals surface area contributed by atoms with Gasteiger partial charge in [-0.15, -0.1) is 11.3 Å². The van der Waals surface area contributed by atoms with E-state index in [1.165, 1.54) is 17.4 Å². The standard InChI is InChI=1S/C13H21N3O3S/c1-9(17)11-7-10(16(18)19)12(20-11)15-6-5-14(4)13(2,3)8-15/h7,9,17H,5-6,8H2,1-4H3/t9-/m0/s1. The Morgan fingerprint density at radius 1 is 1.50 bits per heavy atom. The van der Waals surface area contributed by atoms with Crippen molar-refractivity contribution >= 4 is 22.0 Å². The maximum atomic E-state index is 11.2. The summed E-state index contributed by atoms with van der Waals surface area (Å²) < 4.78 is 0. The lowest BCUT2D eigenvalue weighted by molar-refractivity contribution is -0.383. The summed E-state index contributed by atoms with van der Waals surface area (Å²) in [6, 6.07) is 1.50. The Kier molecular flexibility index (Phi) is 4.04. The van der Waals surface area contributed by atoms with E-state index in [0.717, 1.165) is 19.6 Å². The first-order valence-corrected chi connectivity index (χ1v) is 7.46. The van der Waals surface area contributed by atoms with Gasteiger partial charge in [0.2, 0.25) is 0 Å². The minimum absolute atomic E-state index is 0.0267. The maximum absolute atomic E-state index is 11.2. The molecular weight excluding hydrogens is 278 g/mol. The Morgan fingerprint density at radius 3 is 2.65 bits per heavy atom. The average Bonchev–Trinajstić information content (AvgIpc) is 2.77. The van der Waals surface area contributed by atoms with E-state index in [1.54, 1.807) is 6.92 Å². The van der Waals surface area contributed by atoms with E-state index in [1.807, 2.05) is 0 Å². The summed E-state index contributed by atoms with van der Waals surface area (Å²) in [4.78, 5) is 15.8. The van der Waals surface area contributed by atoms with Crippen LogP contribution in [0.3, 0.4) is 0 Å². The quantitative estimate of drug-likeness (QED) is 0.684. The first-order valence-electron chi connectivity index (χ1n) is 6.65. The molecule has 1 atom stereocenters. The predicted molar refractivity (Wildman–Crippen MR) is 80.5 cm³/mol. The minimum Gasteiger partial charge on any atom is -0.388 e. The molecule has 1 N–H and O–H groups in total. The summed E-state index contributed by atoms with van der Waals surface area (Å²) >= 11 is 1.32. The van der Waals surface area contributed by atoms with Crippen LogP contribution in [0.5, 0.6) is 0 Å². The van der Waals surface area contributed by atoms with Crippen LogP contribution in [0.2, 0.25) is 0 Å². The molecular formula is C13H21N3O3S. The molecule has 1 aliphatic rings. The van der Waals surface area contributed by atoms with Crippen LogP contribution in [0.15, 0.2) is 6.07 Å². The number of aliphatic hydroxyl groups excluding tert-OH is 1. The second-order valence-corrected chi connectivity index (χ2v) is 6.99. The lowest BCUT2D eigenvalue weighted by Crippen LogP contribution is -2.57. The molecule has 0 spiro atoms. The van der Waals surface area contributed by atoms with Gasteiger partial charge in [-0.2, -0.15) is 0 Å². The molecule has 1 aromatic rings. The van der Waals surface area contributed by atoms with Gasteiger partial charge in [0, 0.05) is 36.1 Å². The van der Waals surface area contributed by atoms with Crippen LogP contribution in [-0.2, 0) is 0 Å². The molecule has 0 radical (unpaired) electrons. The summed E-state index contributed by atoms with van der Waals surface area (Å²) in [5.41, 5.74) is 0.0763. The molecule has 7 heteroatoms. The first kappa shape index (κ1) is 15.2. The van der Waals surface area contributed by atoms with Gasteiger partial charge in [0.05, 0.1) is 11.0 Å². The van der Waals surface area contributed by atoms with Crippen molar-refractivity contribution in [3.63, 3.8) is 0 Å². The number of aliphatic hydroxyl groups is 1. The van der Waals surface area contributed by atoms with Gasteiger partial charge >= 0.3 is 5.69 Å². The second kappa shape index (κ2) is 5.31. The van der Waals surface area contributed by atoms with E-state index >= 15 is 0 Å². The van der Waals surface area contributed by atoms with Crippen LogP contribution < -0.4 is 4.90 Å². The van der Waals surface area contributed by atoms with E-state index < -0.39 is 6.10 Å². The highest BCUT2D eigenvalue weighted by atomic mass is 32.1. The highest BCUT2D eigenvalue weighted by molar-refractivity contribution is 7.16. The summed E-state index contributed by atoms with van der Waals surface area (Å²) in [7, 11) is 2.07. The first-order chi connectivity index (χ1) is 9.22. The molecule has 0 bridgehead atoms. The number of piperazine rings is 1. The fourth-order valence-electron chi connectivity index (χ4n) is 2.37. The third-order valence-corrected chi connectivity index (χ3v) is 5.28. The van der Waals surface area contributed by atoms with E-state index in [0.29, 0.717) is 9.88 Å². The molecule has 1 fully saturated rings. The number of anilines is 1.